The van der Waals surface area contributed by atoms with Crippen molar-refractivity contribution in [3.63, 3.8) is 0 Å². The molecule has 5 atom stereocenters. The Morgan fingerprint density at radius 3 is 2.92 bits per heavy atom. The van der Waals surface area contributed by atoms with Gasteiger partial charge >= 0.3 is 5.97 Å². The van der Waals surface area contributed by atoms with Gasteiger partial charge in [0.05, 0.1) is 18.1 Å². The van der Waals surface area contributed by atoms with Gasteiger partial charge in [-0.25, -0.2) is 0 Å². The lowest BCUT2D eigenvalue weighted by Crippen LogP contribution is -2.30. The van der Waals surface area contributed by atoms with Gasteiger partial charge in [0.2, 0.25) is 0 Å². The van der Waals surface area contributed by atoms with E-state index in [1.54, 1.807) is 0 Å². The quantitative estimate of drug-likeness (QED) is 0.570. The molecular weight excluding hydrogens is 168 g/mol. The molecule has 3 nitrogen and oxygen atoms in total. The van der Waals surface area contributed by atoms with Gasteiger partial charge in [0.1, 0.15) is 6.10 Å². The van der Waals surface area contributed by atoms with E-state index in [0.29, 0.717) is 12.0 Å². The molecule has 0 saturated carbocycles. The van der Waals surface area contributed by atoms with Crippen LogP contribution < -0.4 is 0 Å². The van der Waals surface area contributed by atoms with E-state index in [-0.39, 0.29) is 24.1 Å². The summed E-state index contributed by atoms with van der Waals surface area (Å²) < 4.78 is 11.1. The summed E-state index contributed by atoms with van der Waals surface area (Å²) in [4.78, 5) is 11.5. The zero-order chi connectivity index (χ0) is 9.00. The number of carbonyl (C=O) groups is 1. The average Bonchev–Trinajstić information content (AvgIpc) is 2.76. The zero-order valence-electron chi connectivity index (χ0n) is 7.73. The van der Waals surface area contributed by atoms with Crippen LogP contribution in [0.15, 0.2) is 0 Å². The highest BCUT2D eigenvalue weighted by molar-refractivity contribution is 5.76. The van der Waals surface area contributed by atoms with Crippen LogP contribution in [0.2, 0.25) is 0 Å². The first-order valence-corrected chi connectivity index (χ1v) is 5.17. The van der Waals surface area contributed by atoms with Crippen LogP contribution >= 0.6 is 0 Å². The summed E-state index contributed by atoms with van der Waals surface area (Å²) in [5, 5.41) is 0. The van der Waals surface area contributed by atoms with Crippen LogP contribution in [0.25, 0.3) is 0 Å². The van der Waals surface area contributed by atoms with Crippen LogP contribution in [0.4, 0.5) is 0 Å². The largest absolute Gasteiger partial charge is 0.462 e. The van der Waals surface area contributed by atoms with Crippen molar-refractivity contribution in [2.75, 3.05) is 0 Å². The Hall–Kier alpha value is -0.570. The Bertz CT molecular complexity index is 251. The maximum absolute atomic E-state index is 11.5. The van der Waals surface area contributed by atoms with Gasteiger partial charge in [-0.05, 0) is 19.3 Å². The van der Waals surface area contributed by atoms with E-state index in [9.17, 15) is 4.79 Å². The van der Waals surface area contributed by atoms with Crippen molar-refractivity contribution in [2.45, 2.75) is 44.5 Å². The van der Waals surface area contributed by atoms with E-state index in [1.165, 1.54) is 0 Å². The second-order valence-electron chi connectivity index (χ2n) is 4.28. The number of cyclic esters (lactones) is 1. The molecule has 3 fully saturated rings. The van der Waals surface area contributed by atoms with Crippen molar-refractivity contribution in [2.24, 2.45) is 11.8 Å². The van der Waals surface area contributed by atoms with Crippen molar-refractivity contribution >= 4 is 5.97 Å². The van der Waals surface area contributed by atoms with E-state index in [4.69, 9.17) is 9.47 Å². The summed E-state index contributed by atoms with van der Waals surface area (Å²) in [6.45, 7) is 2.08. The van der Waals surface area contributed by atoms with E-state index >= 15 is 0 Å². The molecule has 0 aliphatic carbocycles. The van der Waals surface area contributed by atoms with Crippen LogP contribution in [0.1, 0.15) is 26.2 Å². The minimum absolute atomic E-state index is 0.0101. The minimum Gasteiger partial charge on any atom is -0.462 e. The standard InChI is InChI=1S/C10H14O3/c1-2-5-8-6-3-4-7(12-6)9(8)10(11)13-5/h5-9H,2-4H2,1H3/t5-,6+,7-,8-,9+/m0/s1. The molecule has 0 spiro atoms. The Morgan fingerprint density at radius 2 is 2.15 bits per heavy atom. The molecule has 0 aromatic rings. The molecule has 0 amide bonds. The molecule has 3 rings (SSSR count). The van der Waals surface area contributed by atoms with Crippen LogP contribution in [0.5, 0.6) is 0 Å². The predicted octanol–water partition coefficient (Wildman–Crippen LogP) is 1.12. The molecule has 3 heterocycles. The van der Waals surface area contributed by atoms with Crippen molar-refractivity contribution < 1.29 is 14.3 Å². The molecule has 13 heavy (non-hydrogen) atoms. The Balaban J connectivity index is 1.92. The Kier molecular flexibility index (Phi) is 1.48. The normalized spacial score (nSPS) is 52.4. The zero-order valence-corrected chi connectivity index (χ0v) is 7.73. The maximum Gasteiger partial charge on any atom is 0.312 e. The number of hydrogen-bond donors (Lipinski definition) is 0. The highest BCUT2D eigenvalue weighted by Gasteiger charge is 2.60. The first-order chi connectivity index (χ1) is 6.31. The summed E-state index contributed by atoms with van der Waals surface area (Å²) in [7, 11) is 0. The molecule has 0 unspecified atom stereocenters. The minimum atomic E-state index is -0.0101. The third-order valence-electron chi connectivity index (χ3n) is 3.70. The lowest BCUT2D eigenvalue weighted by atomic mass is 9.78. The molecule has 0 radical (unpaired) electrons. The SMILES string of the molecule is CC[C@@H]1OC(=O)[C@H]2[C@@H]1[C@H]1CC[C@@H]2O1. The lowest BCUT2D eigenvalue weighted by molar-refractivity contribution is -0.147. The van der Waals surface area contributed by atoms with Crippen molar-refractivity contribution in [1.82, 2.24) is 0 Å². The number of ether oxygens (including phenoxy) is 2. The summed E-state index contributed by atoms with van der Waals surface area (Å²) >= 11 is 0. The van der Waals surface area contributed by atoms with E-state index in [0.717, 1.165) is 19.3 Å². The predicted molar refractivity (Wildman–Crippen MR) is 45.0 cm³/mol. The van der Waals surface area contributed by atoms with Gasteiger partial charge in [-0.15, -0.1) is 0 Å². The molecule has 72 valence electrons. The van der Waals surface area contributed by atoms with Crippen LogP contribution in [0, 0.1) is 11.8 Å². The van der Waals surface area contributed by atoms with Gasteiger partial charge in [0.25, 0.3) is 0 Å². The topological polar surface area (TPSA) is 35.5 Å². The summed E-state index contributed by atoms with van der Waals surface area (Å²) in [5.74, 6) is 0.434. The van der Waals surface area contributed by atoms with Gasteiger partial charge < -0.3 is 9.47 Å². The van der Waals surface area contributed by atoms with Gasteiger partial charge in [-0.2, -0.15) is 0 Å². The molecule has 3 saturated heterocycles. The van der Waals surface area contributed by atoms with Crippen LogP contribution in [0.3, 0.4) is 0 Å². The monoisotopic (exact) mass is 182 g/mol. The first-order valence-electron chi connectivity index (χ1n) is 5.17. The van der Waals surface area contributed by atoms with E-state index in [2.05, 4.69) is 6.92 Å². The highest BCUT2D eigenvalue weighted by Crippen LogP contribution is 2.50. The fourth-order valence-corrected chi connectivity index (χ4v) is 3.16. The molecule has 3 aliphatic rings. The molecule has 2 bridgehead atoms. The smallest absolute Gasteiger partial charge is 0.312 e. The van der Waals surface area contributed by atoms with Crippen molar-refractivity contribution in [1.29, 1.82) is 0 Å². The number of carbonyl (C=O) groups excluding carboxylic acids is 1. The van der Waals surface area contributed by atoms with Crippen LogP contribution in [-0.4, -0.2) is 24.3 Å². The fraction of sp³-hybridized carbons (Fsp3) is 0.900. The number of hydrogen-bond acceptors (Lipinski definition) is 3. The number of fused-ring (bicyclic) bond motifs is 5. The Labute approximate surface area is 77.4 Å². The van der Waals surface area contributed by atoms with E-state index < -0.39 is 0 Å². The number of rotatable bonds is 1. The summed E-state index contributed by atoms with van der Waals surface area (Å²) in [5.41, 5.74) is 0. The van der Waals surface area contributed by atoms with E-state index in [1.807, 2.05) is 0 Å². The third kappa shape index (κ3) is 0.857. The first kappa shape index (κ1) is 7.80. The average molecular weight is 182 g/mol. The van der Waals surface area contributed by atoms with Gasteiger partial charge in [-0.3, -0.25) is 4.79 Å². The molecule has 0 N–H and O–H groups in total. The maximum atomic E-state index is 11.5. The molecule has 3 heteroatoms. The van der Waals surface area contributed by atoms with Crippen molar-refractivity contribution in [3.05, 3.63) is 0 Å². The highest BCUT2D eigenvalue weighted by atomic mass is 16.6. The van der Waals surface area contributed by atoms with Crippen molar-refractivity contribution in [3.8, 4) is 0 Å². The van der Waals surface area contributed by atoms with Gasteiger partial charge in [-0.1, -0.05) is 6.92 Å². The second kappa shape index (κ2) is 2.47. The van der Waals surface area contributed by atoms with Gasteiger partial charge in [0, 0.05) is 5.92 Å². The fourth-order valence-electron chi connectivity index (χ4n) is 3.16. The number of esters is 1. The molecule has 0 aromatic heterocycles. The molecule has 0 aromatic carbocycles. The summed E-state index contributed by atoms with van der Waals surface area (Å²) in [6.07, 6.45) is 3.73. The Morgan fingerprint density at radius 1 is 1.38 bits per heavy atom. The van der Waals surface area contributed by atoms with Gasteiger partial charge in [0.15, 0.2) is 0 Å². The van der Waals surface area contributed by atoms with Crippen LogP contribution in [-0.2, 0) is 14.3 Å². The second-order valence-corrected chi connectivity index (χ2v) is 4.28. The molecular formula is C10H14O3. The lowest BCUT2D eigenvalue weighted by Gasteiger charge is -2.20. The molecule has 3 aliphatic heterocycles. The third-order valence-corrected chi connectivity index (χ3v) is 3.70. The summed E-state index contributed by atoms with van der Waals surface area (Å²) in [6, 6.07) is 0.